The Labute approximate surface area is 99.4 Å². The van der Waals surface area contributed by atoms with E-state index in [1.54, 1.807) is 0 Å². The second-order valence-corrected chi connectivity index (χ2v) is 5.43. The van der Waals surface area contributed by atoms with Crippen LogP contribution in [0.5, 0.6) is 0 Å². The van der Waals surface area contributed by atoms with E-state index in [1.807, 2.05) is 13.8 Å². The van der Waals surface area contributed by atoms with Gasteiger partial charge in [0.25, 0.3) is 0 Å². The molecule has 1 aliphatic heterocycles. The first-order valence-electron chi connectivity index (χ1n) is 6.58. The number of carbonyl (C=O) groups is 1. The molecule has 1 amide bonds. The van der Waals surface area contributed by atoms with Crippen molar-refractivity contribution in [3.05, 3.63) is 0 Å². The number of carbonyl (C=O) groups excluding carboxylic acids is 1. The summed E-state index contributed by atoms with van der Waals surface area (Å²) in [4.78, 5) is 11.8. The van der Waals surface area contributed by atoms with Crippen LogP contribution in [0.3, 0.4) is 0 Å². The summed E-state index contributed by atoms with van der Waals surface area (Å²) in [5.41, 5.74) is -0.222. The van der Waals surface area contributed by atoms with E-state index in [-0.39, 0.29) is 11.3 Å². The van der Waals surface area contributed by atoms with E-state index in [9.17, 15) is 4.79 Å². The summed E-state index contributed by atoms with van der Waals surface area (Å²) in [6.45, 7) is 8.00. The lowest BCUT2D eigenvalue weighted by Gasteiger charge is -2.25. The molecule has 0 aromatic carbocycles. The van der Waals surface area contributed by atoms with Gasteiger partial charge < -0.3 is 10.6 Å². The first-order valence-corrected chi connectivity index (χ1v) is 6.58. The average molecular weight is 226 g/mol. The Kier molecular flexibility index (Phi) is 5.26. The number of piperidine rings is 1. The molecule has 0 aliphatic carbocycles. The lowest BCUT2D eigenvalue weighted by molar-refractivity contribution is -0.129. The van der Waals surface area contributed by atoms with Crippen LogP contribution in [0.15, 0.2) is 0 Å². The molecule has 1 rings (SSSR count). The largest absolute Gasteiger partial charge is 0.356 e. The summed E-state index contributed by atoms with van der Waals surface area (Å²) in [6, 6.07) is 0.610. The van der Waals surface area contributed by atoms with Gasteiger partial charge in [-0.25, -0.2) is 0 Å². The van der Waals surface area contributed by atoms with Crippen LogP contribution >= 0.6 is 0 Å². The first kappa shape index (κ1) is 13.5. The minimum atomic E-state index is -0.222. The summed E-state index contributed by atoms with van der Waals surface area (Å²) >= 11 is 0. The smallest absolute Gasteiger partial charge is 0.225 e. The Hall–Kier alpha value is -0.570. The molecule has 3 heteroatoms. The highest BCUT2D eigenvalue weighted by molar-refractivity contribution is 5.81. The van der Waals surface area contributed by atoms with Crippen LogP contribution in [-0.2, 0) is 4.79 Å². The molecule has 0 radical (unpaired) electrons. The van der Waals surface area contributed by atoms with Crippen LogP contribution in [0, 0.1) is 5.41 Å². The second-order valence-electron chi connectivity index (χ2n) is 5.43. The van der Waals surface area contributed by atoms with Gasteiger partial charge in [0.05, 0.1) is 0 Å². The molecule has 1 heterocycles. The number of hydrogen-bond donors (Lipinski definition) is 2. The van der Waals surface area contributed by atoms with E-state index in [1.165, 1.54) is 19.3 Å². The molecule has 0 saturated carbocycles. The summed E-state index contributed by atoms with van der Waals surface area (Å²) in [5.74, 6) is 0.186. The predicted molar refractivity (Wildman–Crippen MR) is 67.3 cm³/mol. The van der Waals surface area contributed by atoms with Gasteiger partial charge in [0.15, 0.2) is 0 Å². The Bertz CT molecular complexity index is 220. The molecule has 1 fully saturated rings. The molecule has 0 spiro atoms. The van der Waals surface area contributed by atoms with Crippen molar-refractivity contribution < 1.29 is 4.79 Å². The molecule has 1 aliphatic rings. The lowest BCUT2D eigenvalue weighted by atomic mass is 9.89. The highest BCUT2D eigenvalue weighted by atomic mass is 16.2. The molecule has 1 atom stereocenters. The molecule has 0 bridgehead atoms. The van der Waals surface area contributed by atoms with Crippen LogP contribution in [0.25, 0.3) is 0 Å². The summed E-state index contributed by atoms with van der Waals surface area (Å²) in [6.07, 6.45) is 5.83. The third-order valence-electron chi connectivity index (χ3n) is 3.69. The van der Waals surface area contributed by atoms with Gasteiger partial charge in [0, 0.05) is 18.0 Å². The van der Waals surface area contributed by atoms with Crippen molar-refractivity contribution in [1.82, 2.24) is 10.6 Å². The van der Waals surface area contributed by atoms with Crippen LogP contribution in [0.4, 0.5) is 0 Å². The van der Waals surface area contributed by atoms with Gasteiger partial charge >= 0.3 is 0 Å². The summed E-state index contributed by atoms with van der Waals surface area (Å²) in [5, 5.41) is 6.54. The Balaban J connectivity index is 2.17. The zero-order chi connectivity index (χ0) is 12.0. The Morgan fingerprint density at radius 1 is 1.44 bits per heavy atom. The van der Waals surface area contributed by atoms with Crippen LogP contribution in [-0.4, -0.2) is 25.0 Å². The summed E-state index contributed by atoms with van der Waals surface area (Å²) in [7, 11) is 0. The van der Waals surface area contributed by atoms with Crippen molar-refractivity contribution >= 4 is 5.91 Å². The topological polar surface area (TPSA) is 41.1 Å². The fourth-order valence-corrected chi connectivity index (χ4v) is 1.93. The van der Waals surface area contributed by atoms with Crippen molar-refractivity contribution in [3.63, 3.8) is 0 Å². The minimum absolute atomic E-state index is 0.186. The molecule has 3 nitrogen and oxygen atoms in total. The molecule has 1 saturated heterocycles. The van der Waals surface area contributed by atoms with Gasteiger partial charge in [-0.15, -0.1) is 0 Å². The van der Waals surface area contributed by atoms with E-state index in [0.717, 1.165) is 25.9 Å². The second kappa shape index (κ2) is 6.24. The molecular formula is C13H26N2O. The van der Waals surface area contributed by atoms with Gasteiger partial charge in [-0.1, -0.05) is 27.2 Å². The standard InChI is InChI=1S/C13H26N2O/c1-4-13(2,3)12(16)15-10-8-11-7-5-6-9-14-11/h11,14H,4-10H2,1-3H3,(H,15,16). The van der Waals surface area contributed by atoms with Crippen LogP contribution in [0.1, 0.15) is 52.9 Å². The van der Waals surface area contributed by atoms with Crippen molar-refractivity contribution in [2.45, 2.75) is 58.9 Å². The maximum atomic E-state index is 11.8. The molecule has 0 aromatic heterocycles. The highest BCUT2D eigenvalue weighted by Crippen LogP contribution is 2.19. The Morgan fingerprint density at radius 2 is 2.19 bits per heavy atom. The zero-order valence-electron chi connectivity index (χ0n) is 10.9. The van der Waals surface area contributed by atoms with Gasteiger partial charge in [0.2, 0.25) is 5.91 Å². The third-order valence-corrected chi connectivity index (χ3v) is 3.69. The van der Waals surface area contributed by atoms with Crippen LogP contribution in [0.2, 0.25) is 0 Å². The molecule has 16 heavy (non-hydrogen) atoms. The lowest BCUT2D eigenvalue weighted by Crippen LogP contribution is -2.41. The van der Waals surface area contributed by atoms with E-state index < -0.39 is 0 Å². The van der Waals surface area contributed by atoms with Gasteiger partial charge in [-0.3, -0.25) is 4.79 Å². The van der Waals surface area contributed by atoms with Crippen molar-refractivity contribution in [2.75, 3.05) is 13.1 Å². The Morgan fingerprint density at radius 3 is 2.75 bits per heavy atom. The number of nitrogens with one attached hydrogen (secondary N) is 2. The fraction of sp³-hybridized carbons (Fsp3) is 0.923. The normalized spacial score (nSPS) is 21.8. The molecule has 1 unspecified atom stereocenters. The molecule has 0 aromatic rings. The van der Waals surface area contributed by atoms with E-state index in [2.05, 4.69) is 17.6 Å². The van der Waals surface area contributed by atoms with E-state index in [4.69, 9.17) is 0 Å². The summed E-state index contributed by atoms with van der Waals surface area (Å²) < 4.78 is 0. The maximum Gasteiger partial charge on any atom is 0.225 e. The minimum Gasteiger partial charge on any atom is -0.356 e. The number of rotatable bonds is 5. The highest BCUT2D eigenvalue weighted by Gasteiger charge is 2.24. The van der Waals surface area contributed by atoms with Crippen molar-refractivity contribution in [2.24, 2.45) is 5.41 Å². The van der Waals surface area contributed by atoms with Crippen molar-refractivity contribution in [1.29, 1.82) is 0 Å². The van der Waals surface area contributed by atoms with E-state index >= 15 is 0 Å². The quantitative estimate of drug-likeness (QED) is 0.753. The third kappa shape index (κ3) is 4.12. The predicted octanol–water partition coefficient (Wildman–Crippen LogP) is 2.07. The van der Waals surface area contributed by atoms with Gasteiger partial charge in [-0.2, -0.15) is 0 Å². The van der Waals surface area contributed by atoms with Crippen molar-refractivity contribution in [3.8, 4) is 0 Å². The van der Waals surface area contributed by atoms with Crippen LogP contribution < -0.4 is 10.6 Å². The molecule has 2 N–H and O–H groups in total. The molecular weight excluding hydrogens is 200 g/mol. The first-order chi connectivity index (χ1) is 7.56. The number of amides is 1. The SMILES string of the molecule is CCC(C)(C)C(=O)NCCC1CCCCN1. The fourth-order valence-electron chi connectivity index (χ4n) is 1.93. The zero-order valence-corrected chi connectivity index (χ0v) is 10.9. The maximum absolute atomic E-state index is 11.8. The average Bonchev–Trinajstić information content (AvgIpc) is 2.30. The molecule has 94 valence electrons. The van der Waals surface area contributed by atoms with Gasteiger partial charge in [0.1, 0.15) is 0 Å². The van der Waals surface area contributed by atoms with Gasteiger partial charge in [-0.05, 0) is 32.2 Å². The monoisotopic (exact) mass is 226 g/mol. The van der Waals surface area contributed by atoms with E-state index in [0.29, 0.717) is 6.04 Å². The number of hydrogen-bond acceptors (Lipinski definition) is 2.